The van der Waals surface area contributed by atoms with Crippen molar-refractivity contribution in [3.8, 4) is 5.75 Å². The number of fused-ring (bicyclic) bond motifs is 1. The lowest BCUT2D eigenvalue weighted by Gasteiger charge is -2.27. The maximum absolute atomic E-state index is 6.20. The first-order valence-electron chi connectivity index (χ1n) is 11.3. The van der Waals surface area contributed by atoms with Crippen molar-refractivity contribution in [2.75, 3.05) is 19.7 Å². The Bertz CT molecular complexity index is 969. The van der Waals surface area contributed by atoms with Crippen LogP contribution in [-0.4, -0.2) is 34.1 Å². The number of hydrogen-bond acceptors (Lipinski definition) is 3. The van der Waals surface area contributed by atoms with Crippen LogP contribution in [0.4, 0.5) is 0 Å². The normalized spacial score (nSPS) is 16.3. The van der Waals surface area contributed by atoms with E-state index in [-0.39, 0.29) is 0 Å². The first kappa shape index (κ1) is 20.7. The molecule has 0 saturated carbocycles. The van der Waals surface area contributed by atoms with Crippen LogP contribution in [0.3, 0.4) is 0 Å². The lowest BCUT2D eigenvalue weighted by Crippen LogP contribution is -2.30. The number of rotatable bonds is 8. The van der Waals surface area contributed by atoms with E-state index < -0.39 is 0 Å². The number of benzene rings is 2. The predicted molar refractivity (Wildman–Crippen MR) is 124 cm³/mol. The van der Waals surface area contributed by atoms with Crippen LogP contribution in [0.5, 0.6) is 5.75 Å². The van der Waals surface area contributed by atoms with Gasteiger partial charge in [0.15, 0.2) is 0 Å². The van der Waals surface area contributed by atoms with E-state index in [1.54, 1.807) is 0 Å². The van der Waals surface area contributed by atoms with Crippen LogP contribution in [-0.2, 0) is 13.0 Å². The van der Waals surface area contributed by atoms with E-state index in [2.05, 4.69) is 59.4 Å². The Morgan fingerprint density at radius 3 is 2.57 bits per heavy atom. The average molecular weight is 404 g/mol. The number of nitrogens with zero attached hydrogens (tertiary/aromatic N) is 3. The zero-order chi connectivity index (χ0) is 20.8. The molecule has 1 unspecified atom stereocenters. The summed E-state index contributed by atoms with van der Waals surface area (Å²) in [7, 11) is 0. The van der Waals surface area contributed by atoms with Gasteiger partial charge in [0.2, 0.25) is 0 Å². The highest BCUT2D eigenvalue weighted by Gasteiger charge is 2.23. The van der Waals surface area contributed by atoms with E-state index >= 15 is 0 Å². The van der Waals surface area contributed by atoms with Crippen molar-refractivity contribution in [2.45, 2.75) is 51.6 Å². The van der Waals surface area contributed by atoms with Gasteiger partial charge in [0.05, 0.1) is 23.6 Å². The minimum absolute atomic E-state index is 0.309. The molecule has 0 spiro atoms. The molecule has 0 amide bonds. The quantitative estimate of drug-likeness (QED) is 0.447. The summed E-state index contributed by atoms with van der Waals surface area (Å²) >= 11 is 0. The van der Waals surface area contributed by atoms with Gasteiger partial charge in [-0.15, -0.1) is 6.58 Å². The third-order valence-corrected chi connectivity index (χ3v) is 6.16. The van der Waals surface area contributed by atoms with E-state index in [4.69, 9.17) is 9.72 Å². The van der Waals surface area contributed by atoms with Crippen molar-refractivity contribution in [1.82, 2.24) is 14.5 Å². The van der Waals surface area contributed by atoms with Crippen molar-refractivity contribution < 1.29 is 4.74 Å². The van der Waals surface area contributed by atoms with Crippen LogP contribution in [0.25, 0.3) is 11.0 Å². The van der Waals surface area contributed by atoms with E-state index in [0.717, 1.165) is 43.1 Å². The van der Waals surface area contributed by atoms with Gasteiger partial charge in [-0.3, -0.25) is 4.90 Å². The molecule has 30 heavy (non-hydrogen) atoms. The summed E-state index contributed by atoms with van der Waals surface area (Å²) in [6.07, 6.45) is 8.00. The van der Waals surface area contributed by atoms with Crippen molar-refractivity contribution >= 4 is 11.0 Å². The molecule has 1 saturated heterocycles. The van der Waals surface area contributed by atoms with Crippen molar-refractivity contribution in [2.24, 2.45) is 0 Å². The van der Waals surface area contributed by atoms with Gasteiger partial charge in [-0.2, -0.15) is 0 Å². The minimum atomic E-state index is 0.309. The summed E-state index contributed by atoms with van der Waals surface area (Å²) in [5.41, 5.74) is 3.44. The number of allylic oxidation sites excluding steroid dienone is 1. The Labute approximate surface area is 180 Å². The minimum Gasteiger partial charge on any atom is -0.491 e. The maximum atomic E-state index is 6.20. The Morgan fingerprint density at radius 2 is 1.77 bits per heavy atom. The standard InChI is InChI=1S/C26H33N3O/c1-3-12-22-13-6-9-16-25(22)30-20-19-29-24-15-8-7-14-23(24)27-26(29)21(2)28-17-10-4-5-11-18-28/h3,6-9,13-16,21H,1,4-5,10-12,17-20H2,2H3. The van der Waals surface area contributed by atoms with E-state index in [1.807, 2.05) is 18.2 Å². The Morgan fingerprint density at radius 1 is 1.03 bits per heavy atom. The maximum Gasteiger partial charge on any atom is 0.127 e. The first-order chi connectivity index (χ1) is 14.8. The molecule has 1 aliphatic rings. The molecule has 2 aromatic carbocycles. The fourth-order valence-corrected chi connectivity index (χ4v) is 4.51. The van der Waals surface area contributed by atoms with Gasteiger partial charge in [-0.25, -0.2) is 4.98 Å². The Hall–Kier alpha value is -2.59. The second-order valence-corrected chi connectivity index (χ2v) is 8.19. The van der Waals surface area contributed by atoms with Gasteiger partial charge < -0.3 is 9.30 Å². The lowest BCUT2D eigenvalue weighted by atomic mass is 10.1. The fraction of sp³-hybridized carbons (Fsp3) is 0.423. The fourth-order valence-electron chi connectivity index (χ4n) is 4.51. The van der Waals surface area contributed by atoms with Crippen molar-refractivity contribution in [1.29, 1.82) is 0 Å². The van der Waals surface area contributed by atoms with Crippen LogP contribution in [0.2, 0.25) is 0 Å². The first-order valence-corrected chi connectivity index (χ1v) is 11.3. The second-order valence-electron chi connectivity index (χ2n) is 8.19. The van der Waals surface area contributed by atoms with Crippen molar-refractivity contribution in [3.05, 3.63) is 72.6 Å². The molecule has 4 nitrogen and oxygen atoms in total. The number of ether oxygens (including phenoxy) is 1. The highest BCUT2D eigenvalue weighted by Crippen LogP contribution is 2.27. The van der Waals surface area contributed by atoms with Crippen LogP contribution in [0, 0.1) is 0 Å². The summed E-state index contributed by atoms with van der Waals surface area (Å²) in [5, 5.41) is 0. The van der Waals surface area contributed by atoms with E-state index in [0.29, 0.717) is 12.6 Å². The van der Waals surface area contributed by atoms with Gasteiger partial charge in [-0.05, 0) is 63.0 Å². The summed E-state index contributed by atoms with van der Waals surface area (Å²) in [6, 6.07) is 17.0. The molecule has 1 aromatic heterocycles. The molecule has 158 valence electrons. The highest BCUT2D eigenvalue weighted by molar-refractivity contribution is 5.76. The molecule has 0 aliphatic carbocycles. The van der Waals surface area contributed by atoms with E-state index in [1.165, 1.54) is 36.8 Å². The van der Waals surface area contributed by atoms with Crippen molar-refractivity contribution in [3.63, 3.8) is 0 Å². The monoisotopic (exact) mass is 403 g/mol. The highest BCUT2D eigenvalue weighted by atomic mass is 16.5. The third kappa shape index (κ3) is 4.59. The molecule has 1 aliphatic heterocycles. The van der Waals surface area contributed by atoms with Gasteiger partial charge in [-0.1, -0.05) is 49.2 Å². The zero-order valence-electron chi connectivity index (χ0n) is 18.1. The summed E-state index contributed by atoms with van der Waals surface area (Å²) in [4.78, 5) is 7.65. The molecular weight excluding hydrogens is 370 g/mol. The van der Waals surface area contributed by atoms with Crippen LogP contribution in [0.1, 0.15) is 50.0 Å². The SMILES string of the molecule is C=CCc1ccccc1OCCn1c(C(C)N2CCCCCC2)nc2ccccc21. The predicted octanol–water partition coefficient (Wildman–Crippen LogP) is 5.78. The zero-order valence-corrected chi connectivity index (χ0v) is 18.1. The molecule has 1 atom stereocenters. The number of aromatic nitrogens is 2. The average Bonchev–Trinajstić information content (AvgIpc) is 2.94. The second kappa shape index (κ2) is 9.94. The molecule has 0 N–H and O–H groups in total. The number of likely N-dealkylation sites (tertiary alicyclic amines) is 1. The summed E-state index contributed by atoms with van der Waals surface area (Å²) < 4.78 is 8.56. The molecule has 2 heterocycles. The van der Waals surface area contributed by atoms with Crippen LogP contribution < -0.4 is 4.74 Å². The molecule has 3 aromatic rings. The van der Waals surface area contributed by atoms with E-state index in [9.17, 15) is 0 Å². The Kier molecular flexibility index (Phi) is 6.85. The van der Waals surface area contributed by atoms with Gasteiger partial charge in [0.1, 0.15) is 18.2 Å². The molecular formula is C26H33N3O. The summed E-state index contributed by atoms with van der Waals surface area (Å²) in [6.45, 7) is 9.90. The third-order valence-electron chi connectivity index (χ3n) is 6.16. The topological polar surface area (TPSA) is 30.3 Å². The van der Waals surface area contributed by atoms with Crippen LogP contribution >= 0.6 is 0 Å². The Balaban J connectivity index is 1.55. The largest absolute Gasteiger partial charge is 0.491 e. The van der Waals surface area contributed by atoms with Gasteiger partial charge in [0.25, 0.3) is 0 Å². The number of para-hydroxylation sites is 3. The summed E-state index contributed by atoms with van der Waals surface area (Å²) in [5.74, 6) is 2.10. The molecule has 4 heteroatoms. The van der Waals surface area contributed by atoms with Crippen LogP contribution in [0.15, 0.2) is 61.2 Å². The smallest absolute Gasteiger partial charge is 0.127 e. The number of imidazole rings is 1. The molecule has 4 rings (SSSR count). The molecule has 1 fully saturated rings. The molecule has 0 radical (unpaired) electrons. The lowest BCUT2D eigenvalue weighted by molar-refractivity contribution is 0.204. The van der Waals surface area contributed by atoms with Gasteiger partial charge in [0, 0.05) is 0 Å². The molecule has 0 bridgehead atoms. The van der Waals surface area contributed by atoms with Gasteiger partial charge >= 0.3 is 0 Å². The number of hydrogen-bond donors (Lipinski definition) is 0.